The van der Waals surface area contributed by atoms with Gasteiger partial charge >= 0.3 is 0 Å². The zero-order valence-corrected chi connectivity index (χ0v) is 12.2. The SMILES string of the molecule is Cc1ccc(N2C(C)CN(C)C(=O)C2CN)c(C)c1. The second-order valence-corrected chi connectivity index (χ2v) is 5.52. The van der Waals surface area contributed by atoms with Gasteiger partial charge in [-0.05, 0) is 32.4 Å². The Morgan fingerprint density at radius 2 is 2.05 bits per heavy atom. The predicted octanol–water partition coefficient (Wildman–Crippen LogP) is 1.30. The zero-order valence-electron chi connectivity index (χ0n) is 12.2. The van der Waals surface area contributed by atoms with Gasteiger partial charge in [-0.2, -0.15) is 0 Å². The van der Waals surface area contributed by atoms with Crippen LogP contribution in [0.5, 0.6) is 0 Å². The minimum atomic E-state index is -0.254. The van der Waals surface area contributed by atoms with Crippen molar-refractivity contribution in [2.24, 2.45) is 5.73 Å². The summed E-state index contributed by atoms with van der Waals surface area (Å²) in [6, 6.07) is 6.36. The number of nitrogens with two attached hydrogens (primary N) is 1. The number of hydrogen-bond acceptors (Lipinski definition) is 3. The Balaban J connectivity index is 2.42. The second-order valence-electron chi connectivity index (χ2n) is 5.52. The molecule has 0 spiro atoms. The Bertz CT molecular complexity index is 486. The molecule has 0 saturated carbocycles. The molecule has 1 aliphatic heterocycles. The van der Waals surface area contributed by atoms with Crippen molar-refractivity contribution in [1.29, 1.82) is 0 Å². The van der Waals surface area contributed by atoms with E-state index in [4.69, 9.17) is 5.73 Å². The number of amides is 1. The fourth-order valence-corrected chi connectivity index (χ4v) is 2.97. The fourth-order valence-electron chi connectivity index (χ4n) is 2.97. The lowest BCUT2D eigenvalue weighted by molar-refractivity contribution is -0.133. The second kappa shape index (κ2) is 5.21. The van der Waals surface area contributed by atoms with Crippen LogP contribution in [0.15, 0.2) is 18.2 Å². The summed E-state index contributed by atoms with van der Waals surface area (Å²) in [4.78, 5) is 16.2. The molecule has 1 amide bonds. The molecule has 1 fully saturated rings. The Hall–Kier alpha value is -1.55. The molecule has 104 valence electrons. The highest BCUT2D eigenvalue weighted by Crippen LogP contribution is 2.28. The summed E-state index contributed by atoms with van der Waals surface area (Å²) in [5.41, 5.74) is 9.39. The van der Waals surface area contributed by atoms with Crippen LogP contribution in [0.1, 0.15) is 18.1 Å². The molecular weight excluding hydrogens is 238 g/mol. The highest BCUT2D eigenvalue weighted by molar-refractivity contribution is 5.87. The molecule has 1 aromatic carbocycles. The van der Waals surface area contributed by atoms with E-state index in [1.54, 1.807) is 4.90 Å². The number of carbonyl (C=O) groups excluding carboxylic acids is 1. The van der Waals surface area contributed by atoms with Gasteiger partial charge in [-0.1, -0.05) is 17.7 Å². The van der Waals surface area contributed by atoms with Crippen molar-refractivity contribution in [3.05, 3.63) is 29.3 Å². The monoisotopic (exact) mass is 261 g/mol. The van der Waals surface area contributed by atoms with Gasteiger partial charge < -0.3 is 15.5 Å². The summed E-state index contributed by atoms with van der Waals surface area (Å²) in [5.74, 6) is 0.112. The van der Waals surface area contributed by atoms with E-state index in [-0.39, 0.29) is 18.0 Å². The molecule has 1 aliphatic rings. The van der Waals surface area contributed by atoms with E-state index in [1.165, 1.54) is 11.1 Å². The molecule has 0 bridgehead atoms. The summed E-state index contributed by atoms with van der Waals surface area (Å²) in [6.07, 6.45) is 0. The molecule has 0 radical (unpaired) electrons. The standard InChI is InChI=1S/C15H23N3O/c1-10-5-6-13(11(2)7-10)18-12(3)9-17(4)15(19)14(18)8-16/h5-7,12,14H,8-9,16H2,1-4H3. The molecule has 0 aromatic heterocycles. The topological polar surface area (TPSA) is 49.6 Å². The van der Waals surface area contributed by atoms with Gasteiger partial charge in [0, 0.05) is 31.9 Å². The van der Waals surface area contributed by atoms with Crippen molar-refractivity contribution in [3.63, 3.8) is 0 Å². The van der Waals surface area contributed by atoms with Gasteiger partial charge in [-0.15, -0.1) is 0 Å². The first-order chi connectivity index (χ1) is 8.95. The van der Waals surface area contributed by atoms with Crippen LogP contribution in [0, 0.1) is 13.8 Å². The third-order valence-corrected chi connectivity index (χ3v) is 3.86. The molecule has 0 aliphatic carbocycles. The summed E-state index contributed by atoms with van der Waals surface area (Å²) in [6.45, 7) is 7.40. The Labute approximate surface area is 115 Å². The first kappa shape index (κ1) is 13.9. The highest BCUT2D eigenvalue weighted by atomic mass is 16.2. The van der Waals surface area contributed by atoms with Gasteiger partial charge in [-0.25, -0.2) is 0 Å². The number of carbonyl (C=O) groups is 1. The first-order valence-electron chi connectivity index (χ1n) is 6.76. The molecule has 4 heteroatoms. The van der Waals surface area contributed by atoms with Crippen molar-refractivity contribution < 1.29 is 4.79 Å². The molecule has 1 saturated heterocycles. The average Bonchev–Trinajstić information content (AvgIpc) is 2.34. The van der Waals surface area contributed by atoms with Gasteiger partial charge in [0.25, 0.3) is 0 Å². The first-order valence-corrected chi connectivity index (χ1v) is 6.76. The molecule has 19 heavy (non-hydrogen) atoms. The van der Waals surface area contributed by atoms with Crippen molar-refractivity contribution in [2.75, 3.05) is 25.0 Å². The Morgan fingerprint density at radius 1 is 1.37 bits per heavy atom. The average molecular weight is 261 g/mol. The predicted molar refractivity (Wildman–Crippen MR) is 78.3 cm³/mol. The van der Waals surface area contributed by atoms with E-state index < -0.39 is 0 Å². The van der Waals surface area contributed by atoms with E-state index >= 15 is 0 Å². The van der Waals surface area contributed by atoms with Crippen LogP contribution < -0.4 is 10.6 Å². The largest absolute Gasteiger partial charge is 0.354 e. The Morgan fingerprint density at radius 3 is 2.63 bits per heavy atom. The van der Waals surface area contributed by atoms with Crippen LogP contribution in [0.2, 0.25) is 0 Å². The number of nitrogens with zero attached hydrogens (tertiary/aromatic N) is 2. The van der Waals surface area contributed by atoms with Crippen LogP contribution in [-0.2, 0) is 4.79 Å². The quantitative estimate of drug-likeness (QED) is 0.873. The zero-order chi connectivity index (χ0) is 14.2. The van der Waals surface area contributed by atoms with Gasteiger partial charge in [0.05, 0.1) is 0 Å². The van der Waals surface area contributed by atoms with E-state index in [9.17, 15) is 4.79 Å². The van der Waals surface area contributed by atoms with Gasteiger partial charge in [-0.3, -0.25) is 4.79 Å². The van der Waals surface area contributed by atoms with Crippen LogP contribution in [0.25, 0.3) is 0 Å². The van der Waals surface area contributed by atoms with Crippen LogP contribution in [0.3, 0.4) is 0 Å². The summed E-state index contributed by atoms with van der Waals surface area (Å²) >= 11 is 0. The molecule has 2 rings (SSSR count). The minimum Gasteiger partial charge on any atom is -0.354 e. The maximum atomic E-state index is 12.3. The molecule has 1 heterocycles. The van der Waals surface area contributed by atoms with E-state index in [1.807, 2.05) is 7.05 Å². The normalized spacial score (nSPS) is 23.9. The molecular formula is C15H23N3O. The maximum absolute atomic E-state index is 12.3. The number of anilines is 1. The number of rotatable bonds is 2. The fraction of sp³-hybridized carbons (Fsp3) is 0.533. The third kappa shape index (κ3) is 2.45. The molecule has 2 atom stereocenters. The van der Waals surface area contributed by atoms with Crippen molar-refractivity contribution >= 4 is 11.6 Å². The summed E-state index contributed by atoms with van der Waals surface area (Å²) < 4.78 is 0. The summed E-state index contributed by atoms with van der Waals surface area (Å²) in [7, 11) is 1.85. The van der Waals surface area contributed by atoms with Crippen LogP contribution in [-0.4, -0.2) is 43.0 Å². The van der Waals surface area contributed by atoms with Crippen molar-refractivity contribution in [1.82, 2.24) is 4.90 Å². The number of hydrogen-bond donors (Lipinski definition) is 1. The number of aryl methyl sites for hydroxylation is 2. The summed E-state index contributed by atoms with van der Waals surface area (Å²) in [5, 5.41) is 0. The van der Waals surface area contributed by atoms with Crippen LogP contribution in [0.4, 0.5) is 5.69 Å². The van der Waals surface area contributed by atoms with Gasteiger partial charge in [0.1, 0.15) is 6.04 Å². The third-order valence-electron chi connectivity index (χ3n) is 3.86. The lowest BCUT2D eigenvalue weighted by atomic mass is 10.0. The van der Waals surface area contributed by atoms with Gasteiger partial charge in [0.15, 0.2) is 0 Å². The van der Waals surface area contributed by atoms with Crippen molar-refractivity contribution in [3.8, 4) is 0 Å². The number of piperazine rings is 1. The number of benzene rings is 1. The molecule has 2 N–H and O–H groups in total. The lowest BCUT2D eigenvalue weighted by Gasteiger charge is -2.45. The van der Waals surface area contributed by atoms with Crippen molar-refractivity contribution in [2.45, 2.75) is 32.9 Å². The van der Waals surface area contributed by atoms with E-state index in [0.29, 0.717) is 6.54 Å². The lowest BCUT2D eigenvalue weighted by Crippen LogP contribution is -2.62. The van der Waals surface area contributed by atoms with Crippen LogP contribution >= 0.6 is 0 Å². The Kier molecular flexibility index (Phi) is 3.80. The van der Waals surface area contributed by atoms with E-state index in [0.717, 1.165) is 12.2 Å². The number of likely N-dealkylation sites (N-methyl/N-ethyl adjacent to an activating group) is 1. The minimum absolute atomic E-state index is 0.112. The maximum Gasteiger partial charge on any atom is 0.246 e. The highest BCUT2D eigenvalue weighted by Gasteiger charge is 2.36. The van der Waals surface area contributed by atoms with Gasteiger partial charge in [0.2, 0.25) is 5.91 Å². The molecule has 2 unspecified atom stereocenters. The molecule has 4 nitrogen and oxygen atoms in total. The van der Waals surface area contributed by atoms with E-state index in [2.05, 4.69) is 43.9 Å². The molecule has 1 aromatic rings. The smallest absolute Gasteiger partial charge is 0.246 e.